The first-order valence-electron chi connectivity index (χ1n) is 1.97. The highest BCUT2D eigenvalue weighted by molar-refractivity contribution is 8.00. The summed E-state index contributed by atoms with van der Waals surface area (Å²) in [7, 11) is 0. The minimum absolute atomic E-state index is 0.339. The van der Waals surface area contributed by atoms with E-state index in [-0.39, 0.29) is 0 Å². The van der Waals surface area contributed by atoms with Gasteiger partial charge in [0.15, 0.2) is 5.11 Å². The van der Waals surface area contributed by atoms with Crippen molar-refractivity contribution in [2.75, 3.05) is 0 Å². The summed E-state index contributed by atoms with van der Waals surface area (Å²) in [6.07, 6.45) is 1.77. The molecule has 0 spiro atoms. The number of hydrazine groups is 1. The van der Waals surface area contributed by atoms with Crippen molar-refractivity contribution in [2.24, 2.45) is 5.73 Å². The Bertz CT molecular complexity index is 132. The van der Waals surface area contributed by atoms with E-state index in [1.807, 2.05) is 5.41 Å². The summed E-state index contributed by atoms with van der Waals surface area (Å²) in [6, 6.07) is 0. The summed E-state index contributed by atoms with van der Waals surface area (Å²) in [6.45, 7) is 0. The van der Waals surface area contributed by atoms with Gasteiger partial charge in [0.1, 0.15) is 0 Å². The van der Waals surface area contributed by atoms with Gasteiger partial charge in [0.25, 0.3) is 0 Å². The number of thiocarbonyl (C=S) groups is 1. The third kappa shape index (κ3) is 1.12. The van der Waals surface area contributed by atoms with Gasteiger partial charge >= 0.3 is 0 Å². The van der Waals surface area contributed by atoms with Crippen molar-refractivity contribution >= 4 is 29.3 Å². The molecule has 0 unspecified atom stereocenters. The molecule has 0 saturated heterocycles. The number of rotatable bonds is 0. The van der Waals surface area contributed by atoms with Crippen LogP contribution in [0.15, 0.2) is 11.6 Å². The third-order valence-electron chi connectivity index (χ3n) is 0.666. The van der Waals surface area contributed by atoms with E-state index in [1.165, 1.54) is 11.9 Å². The summed E-state index contributed by atoms with van der Waals surface area (Å²) in [5, 5.41) is 3.77. The summed E-state index contributed by atoms with van der Waals surface area (Å²) < 4.78 is 0. The van der Waals surface area contributed by atoms with Gasteiger partial charge in [-0.3, -0.25) is 0 Å². The highest BCUT2D eigenvalue weighted by Gasteiger charge is 2.03. The van der Waals surface area contributed by atoms with E-state index in [0.29, 0.717) is 5.11 Å². The molecule has 0 saturated carbocycles. The van der Waals surface area contributed by atoms with Crippen molar-refractivity contribution in [1.29, 1.82) is 0 Å². The summed E-state index contributed by atoms with van der Waals surface area (Å²) in [5.41, 5.74) is 5.23. The molecule has 1 aliphatic rings. The Kier molecular flexibility index (Phi) is 1.72. The van der Waals surface area contributed by atoms with Crippen molar-refractivity contribution in [1.82, 2.24) is 9.84 Å². The molecule has 1 aliphatic heterocycles. The van der Waals surface area contributed by atoms with Gasteiger partial charge in [-0.05, 0) is 24.2 Å². The molecule has 0 bridgehead atoms. The highest BCUT2D eigenvalue weighted by Crippen LogP contribution is 2.06. The fourth-order valence-electron chi connectivity index (χ4n) is 0.327. The zero-order valence-electron chi connectivity index (χ0n) is 4.00. The monoisotopic (exact) mass is 147 g/mol. The quantitative estimate of drug-likeness (QED) is 0.377. The van der Waals surface area contributed by atoms with Crippen LogP contribution in [0, 0.1) is 0 Å². The molecule has 1 rings (SSSR count). The van der Waals surface area contributed by atoms with Crippen LogP contribution >= 0.6 is 24.2 Å². The largest absolute Gasteiger partial charge is 0.375 e. The topological polar surface area (TPSA) is 41.3 Å². The van der Waals surface area contributed by atoms with Crippen LogP contribution < -0.4 is 10.6 Å². The second kappa shape index (κ2) is 2.34. The first-order chi connectivity index (χ1) is 3.80. The fourth-order valence-corrected chi connectivity index (χ4v) is 1.01. The van der Waals surface area contributed by atoms with Crippen molar-refractivity contribution in [3.63, 3.8) is 0 Å². The SMILES string of the molecule is NC(=S)N1C=CSN1. The van der Waals surface area contributed by atoms with Gasteiger partial charge in [-0.1, -0.05) is 0 Å². The first kappa shape index (κ1) is 5.87. The maximum absolute atomic E-state index is 5.23. The van der Waals surface area contributed by atoms with Crippen LogP contribution in [0.3, 0.4) is 0 Å². The number of nitrogens with two attached hydrogens (primary N) is 1. The van der Waals surface area contributed by atoms with E-state index < -0.39 is 0 Å². The molecular weight excluding hydrogens is 142 g/mol. The average molecular weight is 147 g/mol. The van der Waals surface area contributed by atoms with E-state index in [2.05, 4.69) is 17.0 Å². The van der Waals surface area contributed by atoms with E-state index in [4.69, 9.17) is 5.73 Å². The first-order valence-corrected chi connectivity index (χ1v) is 3.26. The van der Waals surface area contributed by atoms with Gasteiger partial charge in [-0.25, -0.2) is 5.01 Å². The number of hydrogen-bond acceptors (Lipinski definition) is 3. The molecule has 1 heterocycles. The molecule has 0 fully saturated rings. The zero-order chi connectivity index (χ0) is 5.98. The summed E-state index contributed by atoms with van der Waals surface area (Å²) in [5.74, 6) is 0. The normalized spacial score (nSPS) is 17.2. The number of nitrogens with zero attached hydrogens (tertiary/aromatic N) is 1. The lowest BCUT2D eigenvalue weighted by Gasteiger charge is -2.10. The molecule has 3 nitrogen and oxygen atoms in total. The third-order valence-corrected chi connectivity index (χ3v) is 1.42. The van der Waals surface area contributed by atoms with E-state index in [0.717, 1.165) is 0 Å². The van der Waals surface area contributed by atoms with Crippen molar-refractivity contribution in [2.45, 2.75) is 0 Å². The molecule has 44 valence electrons. The predicted octanol–water partition coefficient (Wildman–Crippen LogP) is 0.170. The molecule has 0 aromatic heterocycles. The Morgan fingerprint density at radius 3 is 2.88 bits per heavy atom. The van der Waals surface area contributed by atoms with Gasteiger partial charge in [0.05, 0.1) is 0 Å². The molecule has 0 atom stereocenters. The lowest BCUT2D eigenvalue weighted by Crippen LogP contribution is -2.35. The molecule has 0 aliphatic carbocycles. The predicted molar refractivity (Wildman–Crippen MR) is 38.5 cm³/mol. The number of hydrogen-bond donors (Lipinski definition) is 2. The molecular formula is C3H5N3S2. The Hall–Kier alpha value is -0.260. The van der Waals surface area contributed by atoms with Gasteiger partial charge < -0.3 is 5.73 Å². The maximum Gasteiger partial charge on any atom is 0.185 e. The van der Waals surface area contributed by atoms with Crippen molar-refractivity contribution < 1.29 is 0 Å². The highest BCUT2D eigenvalue weighted by atomic mass is 32.2. The van der Waals surface area contributed by atoms with Gasteiger partial charge in [-0.2, -0.15) is 4.83 Å². The van der Waals surface area contributed by atoms with E-state index in [9.17, 15) is 0 Å². The molecule has 5 heteroatoms. The minimum Gasteiger partial charge on any atom is -0.375 e. The Labute approximate surface area is 57.0 Å². The average Bonchev–Trinajstić information content (AvgIpc) is 2.12. The smallest absolute Gasteiger partial charge is 0.185 e. The minimum atomic E-state index is 0.339. The Balaban J connectivity index is 2.48. The zero-order valence-corrected chi connectivity index (χ0v) is 5.63. The number of nitrogens with one attached hydrogen (secondary N) is 1. The van der Waals surface area contributed by atoms with Crippen molar-refractivity contribution in [3.05, 3.63) is 11.6 Å². The van der Waals surface area contributed by atoms with Gasteiger partial charge in [0, 0.05) is 11.6 Å². The molecule has 3 N–H and O–H groups in total. The van der Waals surface area contributed by atoms with Crippen LogP contribution in [-0.2, 0) is 0 Å². The van der Waals surface area contributed by atoms with Crippen LogP contribution in [0.1, 0.15) is 0 Å². The van der Waals surface area contributed by atoms with Crippen molar-refractivity contribution in [3.8, 4) is 0 Å². The summed E-state index contributed by atoms with van der Waals surface area (Å²) in [4.78, 5) is 2.83. The lowest BCUT2D eigenvalue weighted by atomic mass is 10.9. The van der Waals surface area contributed by atoms with E-state index >= 15 is 0 Å². The molecule has 0 aromatic rings. The van der Waals surface area contributed by atoms with Gasteiger partial charge in [0.2, 0.25) is 0 Å². The molecule has 0 aromatic carbocycles. The Morgan fingerprint density at radius 1 is 1.88 bits per heavy atom. The molecule has 0 amide bonds. The van der Waals surface area contributed by atoms with Crippen LogP contribution in [0.25, 0.3) is 0 Å². The molecule has 8 heavy (non-hydrogen) atoms. The Morgan fingerprint density at radius 2 is 2.62 bits per heavy atom. The van der Waals surface area contributed by atoms with Gasteiger partial charge in [-0.15, -0.1) is 0 Å². The standard InChI is InChI=1S/C3H5N3S2/c4-3(7)6-1-2-8-5-6/h1-2,5H,(H2,4,7). The molecule has 0 radical (unpaired) electrons. The second-order valence-electron chi connectivity index (χ2n) is 1.20. The van der Waals surface area contributed by atoms with Crippen LogP contribution in [0.2, 0.25) is 0 Å². The fraction of sp³-hybridized carbons (Fsp3) is 0. The lowest BCUT2D eigenvalue weighted by molar-refractivity contribution is 0.554. The van der Waals surface area contributed by atoms with Crippen LogP contribution in [-0.4, -0.2) is 10.1 Å². The van der Waals surface area contributed by atoms with Crippen LogP contribution in [0.4, 0.5) is 0 Å². The maximum atomic E-state index is 5.23. The van der Waals surface area contributed by atoms with E-state index in [1.54, 1.807) is 11.2 Å². The second-order valence-corrected chi connectivity index (χ2v) is 2.31. The summed E-state index contributed by atoms with van der Waals surface area (Å²) >= 11 is 6.07. The van der Waals surface area contributed by atoms with Crippen LogP contribution in [0.5, 0.6) is 0 Å².